The van der Waals surface area contributed by atoms with Crippen molar-refractivity contribution in [2.24, 2.45) is 5.41 Å². The molecule has 4 nitrogen and oxygen atoms in total. The molecule has 0 atom stereocenters. The van der Waals surface area contributed by atoms with Crippen LogP contribution in [-0.2, 0) is 4.52 Å². The normalized spacial score (nSPS) is 16.9. The molecule has 0 rings (SSSR count). The fourth-order valence-corrected chi connectivity index (χ4v) is 6.88. The smallest absolute Gasteiger partial charge is 0.396 e. The predicted octanol–water partition coefficient (Wildman–Crippen LogP) is 14.1. The fraction of sp³-hybridized carbons (Fsp3) is 1.00. The summed E-state index contributed by atoms with van der Waals surface area (Å²) in [6.07, 6.45) is -16.7. The molecule has 0 unspecified atom stereocenters. The first-order chi connectivity index (χ1) is 31.4. The van der Waals surface area contributed by atoms with Crippen LogP contribution in [0.25, 0.3) is 0 Å². The van der Waals surface area contributed by atoms with Crippen LogP contribution in [0.15, 0.2) is 0 Å². The highest BCUT2D eigenvalue weighted by atomic mass is 32.2. The van der Waals surface area contributed by atoms with Gasteiger partial charge in [-0.15, -0.1) is 0 Å². The quantitative estimate of drug-likeness (QED) is 0.0592. The molecule has 74 heavy (non-hydrogen) atoms. The lowest BCUT2D eigenvalue weighted by atomic mass is 9.87. The zero-order valence-electron chi connectivity index (χ0n) is 32.2. The number of hydrogen-bond donors (Lipinski definition) is 3. The molecule has 0 aliphatic carbocycles. The molecular weight excluding hydrogens is 1260 g/mol. The minimum atomic E-state index is -9.79. The van der Waals surface area contributed by atoms with E-state index in [2.05, 4.69) is 4.52 Å². The Labute approximate surface area is 384 Å². The van der Waals surface area contributed by atoms with Crippen LogP contribution in [0.5, 0.6) is 0 Å². The average molecular weight is 1270 g/mol. The molecule has 0 fully saturated rings. The van der Waals surface area contributed by atoms with Crippen LogP contribution < -0.4 is 0 Å². The Morgan fingerprint density at radius 2 is 0.432 bits per heavy atom. The first kappa shape index (κ1) is 72.0. The molecule has 0 spiro atoms. The Bertz CT molecular complexity index is 1810. The van der Waals surface area contributed by atoms with Crippen LogP contribution in [0.3, 0.4) is 0 Å². The lowest BCUT2D eigenvalue weighted by molar-refractivity contribution is -0.472. The van der Waals surface area contributed by atoms with Gasteiger partial charge in [-0.25, -0.2) is 0 Å². The number of aliphatic hydroxyl groups excluding tert-OH is 1. The molecule has 0 aliphatic rings. The fourth-order valence-electron chi connectivity index (χ4n) is 4.21. The maximum Gasteiger partial charge on any atom is 0.460 e. The van der Waals surface area contributed by atoms with E-state index in [1.165, 1.54) is 0 Å². The number of rotatable bonds is 26. The maximum absolute atomic E-state index is 14.6. The molecule has 0 bridgehead atoms. The monoisotopic (exact) mass is 1270 g/mol. The zero-order valence-corrected chi connectivity index (χ0v) is 34.7. The number of hydrogen-bond acceptors (Lipinski definition) is 6. The van der Waals surface area contributed by atoms with Gasteiger partial charge in [0.2, 0.25) is 0 Å². The Kier molecular flexibility index (Phi) is 18.9. The van der Waals surface area contributed by atoms with Crippen LogP contribution in [0, 0.1) is 5.41 Å². The van der Waals surface area contributed by atoms with Crippen molar-refractivity contribution in [2.45, 2.75) is 118 Å². The van der Waals surface area contributed by atoms with Gasteiger partial charge in [-0.05, 0) is 0 Å². The Balaban J connectivity index is 7.55. The van der Waals surface area contributed by atoms with E-state index in [1.54, 1.807) is 0 Å². The van der Waals surface area contributed by atoms with Crippen molar-refractivity contribution in [3.8, 4) is 0 Å². The van der Waals surface area contributed by atoms with Crippen LogP contribution in [0.1, 0.15) is 0 Å². The van der Waals surface area contributed by atoms with Crippen molar-refractivity contribution >= 4 is 32.1 Å². The van der Waals surface area contributed by atoms with Crippen LogP contribution >= 0.6 is 32.1 Å². The molecular formula is C25H11F42O4PS2. The Morgan fingerprint density at radius 3 is 0.581 bits per heavy atom. The second kappa shape index (κ2) is 19.4. The van der Waals surface area contributed by atoms with E-state index in [9.17, 15) is 190 Å². The third-order valence-electron chi connectivity index (χ3n) is 8.90. The van der Waals surface area contributed by atoms with Crippen molar-refractivity contribution in [1.29, 1.82) is 0 Å². The molecule has 446 valence electrons. The van der Waals surface area contributed by atoms with E-state index in [0.717, 1.165) is 0 Å². The van der Waals surface area contributed by atoms with Gasteiger partial charge in [0, 0.05) is 16.9 Å². The largest absolute Gasteiger partial charge is 0.460 e. The maximum atomic E-state index is 14.6. The highest BCUT2D eigenvalue weighted by molar-refractivity contribution is 8.01. The minimum Gasteiger partial charge on any atom is -0.396 e. The van der Waals surface area contributed by atoms with Gasteiger partial charge >= 0.3 is 126 Å². The second-order valence-corrected chi connectivity index (χ2v) is 16.9. The highest BCUT2D eigenvalue weighted by Crippen LogP contribution is 2.70. The van der Waals surface area contributed by atoms with E-state index in [1.807, 2.05) is 0 Å². The lowest BCUT2D eigenvalue weighted by Crippen LogP contribution is -2.76. The summed E-state index contributed by atoms with van der Waals surface area (Å²) in [5.74, 6) is -158. The molecule has 0 heterocycles. The SMILES string of the molecule is OCC(COP(O)O)(CSC(F)(F)C(F)(F)C(F)(F)C(F)(F)C(F)(F)C(F)(F)C(F)(F)C(F)(F)C(F)(F)C(F)(F)F)CSC(F)(F)C(F)(F)C(F)(F)C(F)(F)C(F)(F)C(F)(F)C(F)(F)C(F)(F)C(F)(F)C(F)(F)F. The molecule has 0 amide bonds. The Hall–Kier alpha value is -1.97. The van der Waals surface area contributed by atoms with Gasteiger partial charge in [0.25, 0.3) is 0 Å². The predicted molar refractivity (Wildman–Crippen MR) is 153 cm³/mol. The molecule has 0 aromatic carbocycles. The Morgan fingerprint density at radius 1 is 0.270 bits per heavy atom. The van der Waals surface area contributed by atoms with Gasteiger partial charge in [-0.1, -0.05) is 23.5 Å². The van der Waals surface area contributed by atoms with E-state index < -0.39 is 180 Å². The van der Waals surface area contributed by atoms with Crippen LogP contribution in [-0.4, -0.2) is 157 Å². The molecule has 0 saturated carbocycles. The van der Waals surface area contributed by atoms with E-state index in [0.29, 0.717) is 0 Å². The molecule has 3 N–H and O–H groups in total. The van der Waals surface area contributed by atoms with Gasteiger partial charge in [-0.2, -0.15) is 184 Å². The zero-order chi connectivity index (χ0) is 61.0. The molecule has 0 radical (unpaired) electrons. The second-order valence-electron chi connectivity index (χ2n) is 14.0. The molecule has 0 saturated heterocycles. The summed E-state index contributed by atoms with van der Waals surface area (Å²) in [5, 5.41) is -6.48. The number of halogens is 42. The van der Waals surface area contributed by atoms with Crippen molar-refractivity contribution in [3.63, 3.8) is 0 Å². The van der Waals surface area contributed by atoms with Gasteiger partial charge in [0.1, 0.15) is 0 Å². The van der Waals surface area contributed by atoms with Crippen LogP contribution in [0.4, 0.5) is 184 Å². The summed E-state index contributed by atoms with van der Waals surface area (Å²) in [5.41, 5.74) is -4.46. The standard InChI is InChI=1S/C25H11F42O4PS2/c26-6(27,10(34,35)14(42,43)18(50,51)22(58,59)60)8(30,31)12(38,39)16(46,47)20(54,55)24(64,65)73-3-5(1-68,2-71-72(69)70)4-74-25(66,67)21(56,57)17(48,49)13(40,41)9(32,33)7(28,29)11(36,37)15(44,45)19(52,53)23(61,62)63/h68-70H,1-4H2. The van der Waals surface area contributed by atoms with Crippen molar-refractivity contribution < 1.29 is 204 Å². The van der Waals surface area contributed by atoms with Crippen molar-refractivity contribution in [1.82, 2.24) is 0 Å². The number of aliphatic hydroxyl groups is 1. The molecule has 0 aromatic heterocycles. The van der Waals surface area contributed by atoms with Crippen LogP contribution in [0.2, 0.25) is 0 Å². The van der Waals surface area contributed by atoms with Gasteiger partial charge in [-0.3, -0.25) is 0 Å². The summed E-state index contributed by atoms with van der Waals surface area (Å²) >= 11 is -6.09. The minimum absolute atomic E-state index is 2.79. The topological polar surface area (TPSA) is 69.9 Å². The molecule has 0 aliphatic heterocycles. The summed E-state index contributed by atoms with van der Waals surface area (Å²) < 4.78 is 579. The van der Waals surface area contributed by atoms with E-state index >= 15 is 0 Å². The summed E-state index contributed by atoms with van der Waals surface area (Å²) in [7, 11) is -4.47. The number of thioether (sulfide) groups is 2. The summed E-state index contributed by atoms with van der Waals surface area (Å²) in [6, 6.07) is 0. The third kappa shape index (κ3) is 9.96. The first-order valence-electron chi connectivity index (χ1n) is 16.0. The van der Waals surface area contributed by atoms with Crippen molar-refractivity contribution in [3.05, 3.63) is 0 Å². The lowest BCUT2D eigenvalue weighted by Gasteiger charge is -2.45. The summed E-state index contributed by atoms with van der Waals surface area (Å²) in [6.45, 7) is -5.78. The van der Waals surface area contributed by atoms with Gasteiger partial charge in [0.05, 0.1) is 13.2 Å². The van der Waals surface area contributed by atoms with E-state index in [4.69, 9.17) is 9.79 Å². The molecule has 49 heteroatoms. The van der Waals surface area contributed by atoms with Crippen molar-refractivity contribution in [2.75, 3.05) is 24.7 Å². The molecule has 0 aromatic rings. The number of alkyl halides is 42. The summed E-state index contributed by atoms with van der Waals surface area (Å²) in [4.78, 5) is 17.5. The first-order valence-corrected chi connectivity index (χ1v) is 19.2. The highest BCUT2D eigenvalue weighted by Gasteiger charge is 3.00. The third-order valence-corrected chi connectivity index (χ3v) is 12.0. The van der Waals surface area contributed by atoms with Gasteiger partial charge in [0.15, 0.2) is 0 Å². The average Bonchev–Trinajstić information content (AvgIpc) is 3.18. The van der Waals surface area contributed by atoms with Gasteiger partial charge < -0.3 is 19.4 Å². The van der Waals surface area contributed by atoms with E-state index in [-0.39, 0.29) is 0 Å².